The fraction of sp³-hybridized carbons (Fsp3) is 0.250. The number of esters is 1. The lowest BCUT2D eigenvalue weighted by Gasteiger charge is -2.06. The molecule has 0 atom stereocenters. The summed E-state index contributed by atoms with van der Waals surface area (Å²) in [6, 6.07) is 3.15. The fourth-order valence-electron chi connectivity index (χ4n) is 1.33. The van der Waals surface area contributed by atoms with E-state index in [0.29, 0.717) is 22.8 Å². The summed E-state index contributed by atoms with van der Waals surface area (Å²) in [5.41, 5.74) is 12.4. The number of carbonyl (C=O) groups is 1. The predicted octanol–water partition coefficient (Wildman–Crippen LogP) is 2.07. The van der Waals surface area contributed by atoms with Crippen LogP contribution in [-0.2, 0) is 4.74 Å². The van der Waals surface area contributed by atoms with Gasteiger partial charge in [-0.25, -0.2) is 4.79 Å². The van der Waals surface area contributed by atoms with E-state index < -0.39 is 5.97 Å². The van der Waals surface area contributed by atoms with Crippen LogP contribution in [0.25, 0.3) is 6.08 Å². The van der Waals surface area contributed by atoms with Crippen LogP contribution >= 0.6 is 11.6 Å². The van der Waals surface area contributed by atoms with E-state index in [-0.39, 0.29) is 0 Å². The Labute approximate surface area is 105 Å². The van der Waals surface area contributed by atoms with Crippen molar-refractivity contribution >= 4 is 29.3 Å². The molecule has 0 aromatic heterocycles. The van der Waals surface area contributed by atoms with Gasteiger partial charge in [0.2, 0.25) is 0 Å². The summed E-state index contributed by atoms with van der Waals surface area (Å²) in [5, 5.41) is 0.489. The van der Waals surface area contributed by atoms with E-state index in [0.717, 1.165) is 12.0 Å². The highest BCUT2D eigenvalue weighted by Gasteiger charge is 2.12. The summed E-state index contributed by atoms with van der Waals surface area (Å²) >= 11 is 6.01. The summed E-state index contributed by atoms with van der Waals surface area (Å²) in [6.07, 6.45) is 4.44. The SMILES string of the molecule is COC(=O)c1cc(C=CCCN)c(Cl)cc1N. The van der Waals surface area contributed by atoms with Crippen molar-refractivity contribution < 1.29 is 9.53 Å². The number of hydrogen-bond donors (Lipinski definition) is 2. The molecular formula is C12H15ClN2O2. The standard InChI is InChI=1S/C12H15ClN2O2/c1-17-12(16)9-6-8(4-2-3-5-14)10(13)7-11(9)15/h2,4,6-7H,3,5,14-15H2,1H3. The first-order valence-electron chi connectivity index (χ1n) is 5.14. The Kier molecular flexibility index (Phi) is 5.00. The summed E-state index contributed by atoms with van der Waals surface area (Å²) in [7, 11) is 1.31. The average Bonchev–Trinajstić information content (AvgIpc) is 2.31. The van der Waals surface area contributed by atoms with Crippen molar-refractivity contribution in [1.29, 1.82) is 0 Å². The molecule has 17 heavy (non-hydrogen) atoms. The number of halogens is 1. The number of nitrogens with two attached hydrogens (primary N) is 2. The predicted molar refractivity (Wildman–Crippen MR) is 69.9 cm³/mol. The molecule has 1 aromatic carbocycles. The molecule has 4 nitrogen and oxygen atoms in total. The van der Waals surface area contributed by atoms with Gasteiger partial charge in [-0.15, -0.1) is 0 Å². The van der Waals surface area contributed by atoms with Gasteiger partial charge in [0.15, 0.2) is 0 Å². The number of methoxy groups -OCH3 is 1. The highest BCUT2D eigenvalue weighted by molar-refractivity contribution is 6.32. The van der Waals surface area contributed by atoms with Gasteiger partial charge < -0.3 is 16.2 Å². The smallest absolute Gasteiger partial charge is 0.339 e. The maximum Gasteiger partial charge on any atom is 0.339 e. The zero-order chi connectivity index (χ0) is 12.8. The second-order valence-electron chi connectivity index (χ2n) is 3.43. The Balaban J connectivity index is 3.10. The molecule has 0 amide bonds. The van der Waals surface area contributed by atoms with Crippen LogP contribution in [0.3, 0.4) is 0 Å². The molecule has 0 aliphatic carbocycles. The minimum absolute atomic E-state index is 0.304. The number of rotatable bonds is 4. The zero-order valence-electron chi connectivity index (χ0n) is 9.57. The molecule has 0 heterocycles. The third-order valence-electron chi connectivity index (χ3n) is 2.20. The molecule has 5 heteroatoms. The van der Waals surface area contributed by atoms with Gasteiger partial charge >= 0.3 is 5.97 Å². The summed E-state index contributed by atoms with van der Waals surface area (Å²) in [5.74, 6) is -0.479. The molecule has 0 fully saturated rings. The third kappa shape index (κ3) is 3.47. The monoisotopic (exact) mass is 254 g/mol. The largest absolute Gasteiger partial charge is 0.465 e. The number of carbonyl (C=O) groups excluding carboxylic acids is 1. The highest BCUT2D eigenvalue weighted by atomic mass is 35.5. The minimum Gasteiger partial charge on any atom is -0.465 e. The first kappa shape index (κ1) is 13.5. The van der Waals surface area contributed by atoms with Crippen LogP contribution in [0.4, 0.5) is 5.69 Å². The lowest BCUT2D eigenvalue weighted by Crippen LogP contribution is -2.06. The molecule has 0 radical (unpaired) electrons. The molecule has 0 aliphatic heterocycles. The van der Waals surface area contributed by atoms with Crippen LogP contribution < -0.4 is 11.5 Å². The highest BCUT2D eigenvalue weighted by Crippen LogP contribution is 2.25. The van der Waals surface area contributed by atoms with E-state index in [9.17, 15) is 4.79 Å². The molecule has 1 rings (SSSR count). The quantitative estimate of drug-likeness (QED) is 0.637. The first-order chi connectivity index (χ1) is 8.10. The van der Waals surface area contributed by atoms with Crippen molar-refractivity contribution in [1.82, 2.24) is 0 Å². The summed E-state index contributed by atoms with van der Waals surface area (Å²) in [6.45, 7) is 0.562. The van der Waals surface area contributed by atoms with Crippen molar-refractivity contribution in [2.24, 2.45) is 5.73 Å². The van der Waals surface area contributed by atoms with E-state index in [2.05, 4.69) is 4.74 Å². The van der Waals surface area contributed by atoms with Crippen molar-refractivity contribution in [3.05, 3.63) is 34.4 Å². The van der Waals surface area contributed by atoms with E-state index in [1.807, 2.05) is 6.08 Å². The normalized spacial score (nSPS) is 10.8. The fourth-order valence-corrected chi connectivity index (χ4v) is 1.56. The Hall–Kier alpha value is -1.52. The minimum atomic E-state index is -0.479. The summed E-state index contributed by atoms with van der Waals surface area (Å²) in [4.78, 5) is 11.4. The Bertz CT molecular complexity index is 444. The molecule has 0 bridgehead atoms. The molecule has 4 N–H and O–H groups in total. The first-order valence-corrected chi connectivity index (χ1v) is 5.52. The van der Waals surface area contributed by atoms with E-state index >= 15 is 0 Å². The van der Waals surface area contributed by atoms with Crippen molar-refractivity contribution in [2.45, 2.75) is 6.42 Å². The van der Waals surface area contributed by atoms with E-state index in [1.54, 1.807) is 12.1 Å². The van der Waals surface area contributed by atoms with Gasteiger partial charge in [0.1, 0.15) is 0 Å². The van der Waals surface area contributed by atoms with Gasteiger partial charge in [-0.05, 0) is 30.7 Å². The molecule has 0 aliphatic rings. The van der Waals surface area contributed by atoms with Gasteiger partial charge in [-0.3, -0.25) is 0 Å². The Morgan fingerprint density at radius 1 is 1.53 bits per heavy atom. The number of benzene rings is 1. The van der Waals surface area contributed by atoms with Crippen LogP contribution in [-0.4, -0.2) is 19.6 Å². The van der Waals surface area contributed by atoms with Crippen molar-refractivity contribution in [3.63, 3.8) is 0 Å². The van der Waals surface area contributed by atoms with Crippen LogP contribution in [0.5, 0.6) is 0 Å². The van der Waals surface area contributed by atoms with Gasteiger partial charge in [0.25, 0.3) is 0 Å². The van der Waals surface area contributed by atoms with Crippen LogP contribution in [0.1, 0.15) is 22.3 Å². The number of nitrogen functional groups attached to an aromatic ring is 1. The number of hydrogen-bond acceptors (Lipinski definition) is 4. The lowest BCUT2D eigenvalue weighted by molar-refractivity contribution is 0.0602. The summed E-state index contributed by atoms with van der Waals surface area (Å²) < 4.78 is 4.63. The number of anilines is 1. The second-order valence-corrected chi connectivity index (χ2v) is 3.84. The second kappa shape index (κ2) is 6.27. The van der Waals surface area contributed by atoms with E-state index in [4.69, 9.17) is 23.1 Å². The van der Waals surface area contributed by atoms with Gasteiger partial charge in [0.05, 0.1) is 12.7 Å². The average molecular weight is 255 g/mol. The van der Waals surface area contributed by atoms with Gasteiger partial charge in [-0.2, -0.15) is 0 Å². The maximum atomic E-state index is 11.4. The Morgan fingerprint density at radius 3 is 2.82 bits per heavy atom. The molecule has 0 spiro atoms. The van der Waals surface area contributed by atoms with Crippen LogP contribution in [0, 0.1) is 0 Å². The molecule has 0 saturated heterocycles. The molecule has 1 aromatic rings. The van der Waals surface area contributed by atoms with E-state index in [1.165, 1.54) is 13.2 Å². The van der Waals surface area contributed by atoms with Gasteiger partial charge in [-0.1, -0.05) is 23.8 Å². The third-order valence-corrected chi connectivity index (χ3v) is 2.53. The van der Waals surface area contributed by atoms with Crippen molar-refractivity contribution in [2.75, 3.05) is 19.4 Å². The van der Waals surface area contributed by atoms with Crippen molar-refractivity contribution in [3.8, 4) is 0 Å². The maximum absolute atomic E-state index is 11.4. The molecule has 92 valence electrons. The molecule has 0 unspecified atom stereocenters. The Morgan fingerprint density at radius 2 is 2.24 bits per heavy atom. The molecular weight excluding hydrogens is 240 g/mol. The molecule has 0 saturated carbocycles. The van der Waals surface area contributed by atoms with Crippen LogP contribution in [0.15, 0.2) is 18.2 Å². The lowest BCUT2D eigenvalue weighted by atomic mass is 10.1. The zero-order valence-corrected chi connectivity index (χ0v) is 10.3. The number of ether oxygens (including phenoxy) is 1. The van der Waals surface area contributed by atoms with Gasteiger partial charge in [0, 0.05) is 10.7 Å². The van der Waals surface area contributed by atoms with Crippen LogP contribution in [0.2, 0.25) is 5.02 Å². The topological polar surface area (TPSA) is 78.3 Å².